The number of aryl methyl sites for hydroxylation is 1. The molecule has 1 unspecified atom stereocenters. The van der Waals surface area contributed by atoms with Gasteiger partial charge in [-0.2, -0.15) is 4.98 Å². The number of pyridine rings is 2. The van der Waals surface area contributed by atoms with E-state index in [4.69, 9.17) is 5.73 Å². The highest BCUT2D eigenvalue weighted by Crippen LogP contribution is 2.38. The molecule has 4 heterocycles. The number of nitrogen functional groups attached to an aromatic ring is 1. The first-order chi connectivity index (χ1) is 20.8. The van der Waals surface area contributed by atoms with Crippen LogP contribution in [0.3, 0.4) is 0 Å². The van der Waals surface area contributed by atoms with Crippen LogP contribution in [0.25, 0.3) is 28.0 Å². The Morgan fingerprint density at radius 3 is 2.41 bits per heavy atom. The van der Waals surface area contributed by atoms with Gasteiger partial charge in [0.15, 0.2) is 34.7 Å². The van der Waals surface area contributed by atoms with Gasteiger partial charge in [-0.1, -0.05) is 20.4 Å². The maximum Gasteiger partial charge on any atom is 0.355 e. The second-order valence-electron chi connectivity index (χ2n) is 10.8. The lowest BCUT2D eigenvalue weighted by molar-refractivity contribution is -0.128. The molecule has 1 atom stereocenters. The molecule has 1 amide bonds. The van der Waals surface area contributed by atoms with Gasteiger partial charge >= 0.3 is 5.69 Å². The molecule has 44 heavy (non-hydrogen) atoms. The smallest absolute Gasteiger partial charge is 0.355 e. The number of nitrogens with zero attached hydrogens (tertiary/aromatic N) is 6. The zero-order valence-corrected chi connectivity index (χ0v) is 24.3. The summed E-state index contributed by atoms with van der Waals surface area (Å²) in [4.78, 5) is 42.3. The van der Waals surface area contributed by atoms with Gasteiger partial charge in [0.1, 0.15) is 11.5 Å². The summed E-state index contributed by atoms with van der Waals surface area (Å²) in [5.41, 5.74) is 2.54. The van der Waals surface area contributed by atoms with E-state index in [9.17, 15) is 22.8 Å². The van der Waals surface area contributed by atoms with Crippen molar-refractivity contribution < 1.29 is 26.7 Å². The number of hydrogen-bond acceptors (Lipinski definition) is 7. The summed E-state index contributed by atoms with van der Waals surface area (Å²) < 4.78 is 74.7. The van der Waals surface area contributed by atoms with Crippen LogP contribution >= 0.6 is 0 Å². The minimum atomic E-state index is -2.20. The van der Waals surface area contributed by atoms with Crippen molar-refractivity contribution in [1.29, 1.82) is 0 Å². The van der Waals surface area contributed by atoms with Crippen molar-refractivity contribution in [2.75, 3.05) is 30.3 Å². The number of hydrogen-bond donors (Lipinski definition) is 1. The van der Waals surface area contributed by atoms with Gasteiger partial charge in [-0.3, -0.25) is 9.78 Å². The maximum atomic E-state index is 15.9. The largest absolute Gasteiger partial charge is 0.396 e. The van der Waals surface area contributed by atoms with E-state index in [0.29, 0.717) is 11.3 Å². The fourth-order valence-electron chi connectivity index (χ4n) is 5.48. The Bertz CT molecular complexity index is 1880. The molecule has 5 rings (SSSR count). The van der Waals surface area contributed by atoms with Crippen LogP contribution in [0.2, 0.25) is 0 Å². The normalized spacial score (nSPS) is 15.4. The predicted molar refractivity (Wildman–Crippen MR) is 155 cm³/mol. The average Bonchev–Trinajstić information content (AvgIpc) is 2.99. The Morgan fingerprint density at radius 2 is 1.77 bits per heavy atom. The molecule has 9 nitrogen and oxygen atoms in total. The van der Waals surface area contributed by atoms with Crippen molar-refractivity contribution in [3.63, 3.8) is 0 Å². The van der Waals surface area contributed by atoms with Gasteiger partial charge in [0.2, 0.25) is 5.91 Å². The number of halogens is 5. The van der Waals surface area contributed by atoms with Crippen LogP contribution in [-0.2, 0) is 4.79 Å². The molecule has 0 spiro atoms. The van der Waals surface area contributed by atoms with Crippen LogP contribution < -0.4 is 16.3 Å². The van der Waals surface area contributed by atoms with Gasteiger partial charge in [-0.25, -0.2) is 36.3 Å². The van der Waals surface area contributed by atoms with Crippen LogP contribution in [0.15, 0.2) is 35.8 Å². The minimum absolute atomic E-state index is 0.00143. The molecule has 4 aromatic rings. The lowest BCUT2D eigenvalue weighted by atomic mass is 10.0. The fourth-order valence-corrected chi connectivity index (χ4v) is 5.48. The summed E-state index contributed by atoms with van der Waals surface area (Å²) in [6, 6.07) is 2.19. The third-order valence-corrected chi connectivity index (χ3v) is 7.65. The highest BCUT2D eigenvalue weighted by molar-refractivity contribution is 5.92. The predicted octanol–water partition coefficient (Wildman–Crippen LogP) is 4.78. The van der Waals surface area contributed by atoms with E-state index in [0.717, 1.165) is 10.6 Å². The standard InChI is InChI=1S/C30H28F5N7O2/c1-6-18(43)41-10-9-40(12-15(41)5)28-16-11-17(31)26(19-20(32)21(33)22(34)23(35)24(19)36)38-29(16)42(30(44)39-28)27-14(4)7-8-37-25(27)13(2)3/h6-8,11,13,15H,1,9-10,12,36H2,2-5H3. The lowest BCUT2D eigenvalue weighted by Gasteiger charge is -2.40. The molecular weight excluding hydrogens is 585 g/mol. The van der Waals surface area contributed by atoms with E-state index in [1.54, 1.807) is 35.9 Å². The molecule has 3 aromatic heterocycles. The van der Waals surface area contributed by atoms with E-state index in [2.05, 4.69) is 21.5 Å². The van der Waals surface area contributed by atoms with Crippen molar-refractivity contribution in [2.45, 2.75) is 39.7 Å². The maximum absolute atomic E-state index is 15.9. The Morgan fingerprint density at radius 1 is 1.09 bits per heavy atom. The number of amides is 1. The lowest BCUT2D eigenvalue weighted by Crippen LogP contribution is -2.54. The van der Waals surface area contributed by atoms with Gasteiger partial charge in [-0.15, -0.1) is 0 Å². The average molecular weight is 614 g/mol. The molecule has 1 aliphatic rings. The molecule has 1 saturated heterocycles. The second-order valence-corrected chi connectivity index (χ2v) is 10.8. The van der Waals surface area contributed by atoms with Crippen molar-refractivity contribution in [3.8, 4) is 16.9 Å². The molecular formula is C30H28F5N7O2. The number of fused-ring (bicyclic) bond motifs is 1. The van der Waals surface area contributed by atoms with Crippen molar-refractivity contribution in [3.05, 3.63) is 81.8 Å². The molecule has 1 aliphatic heterocycles. The quantitative estimate of drug-likeness (QED) is 0.114. The fraction of sp³-hybridized carbons (Fsp3) is 0.300. The molecule has 230 valence electrons. The van der Waals surface area contributed by atoms with E-state index in [1.165, 1.54) is 6.08 Å². The van der Waals surface area contributed by atoms with E-state index < -0.39 is 51.7 Å². The van der Waals surface area contributed by atoms with Crippen molar-refractivity contribution in [2.24, 2.45) is 0 Å². The molecule has 0 radical (unpaired) electrons. The Kier molecular flexibility index (Phi) is 7.87. The highest BCUT2D eigenvalue weighted by atomic mass is 19.2. The SMILES string of the molecule is C=CC(=O)N1CCN(c2nc(=O)n(-c3c(C)ccnc3C(C)C)c3nc(-c4c(N)c(F)c(F)c(F)c4F)c(F)cc23)CC1C. The number of nitrogens with two attached hydrogens (primary N) is 1. The summed E-state index contributed by atoms with van der Waals surface area (Å²) in [6.45, 7) is 11.3. The monoisotopic (exact) mass is 613 g/mol. The van der Waals surface area contributed by atoms with Gasteiger partial charge in [-0.05, 0) is 43.5 Å². The topological polar surface area (TPSA) is 110 Å². The summed E-state index contributed by atoms with van der Waals surface area (Å²) >= 11 is 0. The van der Waals surface area contributed by atoms with Crippen LogP contribution in [0.5, 0.6) is 0 Å². The summed E-state index contributed by atoms with van der Waals surface area (Å²) in [5, 5.41) is 0.00143. The van der Waals surface area contributed by atoms with Gasteiger partial charge in [0.05, 0.1) is 28.0 Å². The minimum Gasteiger partial charge on any atom is -0.396 e. The zero-order chi connectivity index (χ0) is 32.2. The van der Waals surface area contributed by atoms with Crippen molar-refractivity contribution >= 4 is 28.4 Å². The molecule has 0 saturated carbocycles. The molecule has 0 aliphatic carbocycles. The number of anilines is 2. The van der Waals surface area contributed by atoms with Crippen LogP contribution in [0.4, 0.5) is 33.5 Å². The molecule has 1 aromatic carbocycles. The number of piperazine rings is 1. The van der Waals surface area contributed by atoms with Crippen LogP contribution in [0.1, 0.15) is 37.9 Å². The molecule has 1 fully saturated rings. The number of benzene rings is 1. The van der Waals surface area contributed by atoms with Gasteiger partial charge < -0.3 is 15.5 Å². The first kappa shape index (κ1) is 30.6. The third kappa shape index (κ3) is 4.83. The summed E-state index contributed by atoms with van der Waals surface area (Å²) in [6.07, 6.45) is 2.74. The van der Waals surface area contributed by atoms with Crippen LogP contribution in [-0.4, -0.2) is 56.0 Å². The Balaban J connectivity index is 1.86. The summed E-state index contributed by atoms with van der Waals surface area (Å²) in [5.74, 6) is -9.97. The number of aromatic nitrogens is 4. The third-order valence-electron chi connectivity index (χ3n) is 7.65. The summed E-state index contributed by atoms with van der Waals surface area (Å²) in [7, 11) is 0. The van der Waals surface area contributed by atoms with Gasteiger partial charge in [0, 0.05) is 31.9 Å². The number of carbonyl (C=O) groups is 1. The Labute approximate surface area is 248 Å². The van der Waals surface area contributed by atoms with Crippen molar-refractivity contribution in [1.82, 2.24) is 24.4 Å². The van der Waals surface area contributed by atoms with E-state index in [-0.39, 0.29) is 60.0 Å². The highest BCUT2D eigenvalue weighted by Gasteiger charge is 2.32. The Hall–Kier alpha value is -4.88. The molecule has 2 N–H and O–H groups in total. The first-order valence-electron chi connectivity index (χ1n) is 13.7. The first-order valence-corrected chi connectivity index (χ1v) is 13.7. The number of carbonyl (C=O) groups excluding carboxylic acids is 1. The second kappa shape index (κ2) is 11.3. The van der Waals surface area contributed by atoms with E-state index >= 15 is 8.78 Å². The van der Waals surface area contributed by atoms with E-state index in [1.807, 2.05) is 13.8 Å². The number of rotatable bonds is 5. The molecule has 0 bridgehead atoms. The zero-order valence-electron chi connectivity index (χ0n) is 24.3. The van der Waals surface area contributed by atoms with Gasteiger partial charge in [0.25, 0.3) is 0 Å². The van der Waals surface area contributed by atoms with Crippen LogP contribution in [0, 0.1) is 36.0 Å². The molecule has 14 heteroatoms.